The average molecular weight is 314 g/mol. The molecule has 0 saturated carbocycles. The van der Waals surface area contributed by atoms with Gasteiger partial charge in [-0.3, -0.25) is 4.79 Å². The fraction of sp³-hybridized carbons (Fsp3) is 0.167. The van der Waals surface area contributed by atoms with Gasteiger partial charge in [0.1, 0.15) is 5.82 Å². The first-order chi connectivity index (χ1) is 9.19. The second-order valence-electron chi connectivity index (χ2n) is 4.03. The standard InChI is InChI=1S/C12H9Cl2N3OS/c13-4-10-16-9-3-1-2-8(14)11(9)17(10)5-7-6-19-12(18)15-7/h1-3,6H,4-5H2,(H,15,18). The molecule has 3 aromatic rings. The Kier molecular flexibility index (Phi) is 3.35. The number of nitrogens with one attached hydrogen (secondary N) is 1. The summed E-state index contributed by atoms with van der Waals surface area (Å²) >= 11 is 13.3. The lowest BCUT2D eigenvalue weighted by atomic mass is 10.3. The topological polar surface area (TPSA) is 50.7 Å². The summed E-state index contributed by atoms with van der Waals surface area (Å²) in [6, 6.07) is 5.56. The van der Waals surface area contributed by atoms with Crippen molar-refractivity contribution < 1.29 is 0 Å². The molecule has 19 heavy (non-hydrogen) atoms. The number of hydrogen-bond donors (Lipinski definition) is 1. The molecule has 98 valence electrons. The third kappa shape index (κ3) is 2.29. The zero-order chi connectivity index (χ0) is 13.4. The van der Waals surface area contributed by atoms with E-state index in [2.05, 4.69) is 9.97 Å². The Morgan fingerprint density at radius 3 is 2.95 bits per heavy atom. The number of halogens is 2. The van der Waals surface area contributed by atoms with Gasteiger partial charge in [-0.2, -0.15) is 0 Å². The molecule has 0 saturated heterocycles. The lowest BCUT2D eigenvalue weighted by Gasteiger charge is -2.06. The van der Waals surface area contributed by atoms with E-state index in [4.69, 9.17) is 23.2 Å². The normalized spacial score (nSPS) is 11.3. The highest BCUT2D eigenvalue weighted by atomic mass is 35.5. The second-order valence-corrected chi connectivity index (χ2v) is 5.55. The zero-order valence-electron chi connectivity index (χ0n) is 9.69. The number of nitrogens with zero attached hydrogens (tertiary/aromatic N) is 2. The van der Waals surface area contributed by atoms with Crippen molar-refractivity contribution in [1.82, 2.24) is 14.5 Å². The highest BCUT2D eigenvalue weighted by Crippen LogP contribution is 2.26. The molecule has 1 aromatic carbocycles. The predicted molar refractivity (Wildman–Crippen MR) is 78.3 cm³/mol. The van der Waals surface area contributed by atoms with Crippen molar-refractivity contribution in [2.45, 2.75) is 12.4 Å². The van der Waals surface area contributed by atoms with Gasteiger partial charge in [0.05, 0.1) is 28.5 Å². The zero-order valence-corrected chi connectivity index (χ0v) is 12.0. The van der Waals surface area contributed by atoms with E-state index >= 15 is 0 Å². The number of rotatable bonds is 3. The fourth-order valence-corrected chi connectivity index (χ4v) is 3.07. The van der Waals surface area contributed by atoms with Crippen LogP contribution in [0.1, 0.15) is 11.5 Å². The lowest BCUT2D eigenvalue weighted by molar-refractivity contribution is 0.761. The number of fused-ring (bicyclic) bond motifs is 1. The molecule has 2 heterocycles. The Balaban J connectivity index is 2.17. The predicted octanol–water partition coefficient (Wildman–Crippen LogP) is 3.23. The number of thiazole rings is 1. The molecule has 0 radical (unpaired) electrons. The van der Waals surface area contributed by atoms with Crippen LogP contribution in [0.3, 0.4) is 0 Å². The molecule has 4 nitrogen and oxygen atoms in total. The van der Waals surface area contributed by atoms with Crippen molar-refractivity contribution in [3.8, 4) is 0 Å². The van der Waals surface area contributed by atoms with Gasteiger partial charge in [-0.15, -0.1) is 11.6 Å². The van der Waals surface area contributed by atoms with E-state index in [0.29, 0.717) is 17.4 Å². The third-order valence-electron chi connectivity index (χ3n) is 2.82. The van der Waals surface area contributed by atoms with Crippen molar-refractivity contribution in [3.63, 3.8) is 0 Å². The van der Waals surface area contributed by atoms with Gasteiger partial charge < -0.3 is 9.55 Å². The van der Waals surface area contributed by atoms with Gasteiger partial charge >= 0.3 is 4.87 Å². The highest BCUT2D eigenvalue weighted by Gasteiger charge is 2.13. The minimum atomic E-state index is -0.0714. The molecule has 0 aliphatic heterocycles. The van der Waals surface area contributed by atoms with E-state index in [1.807, 2.05) is 22.8 Å². The number of benzene rings is 1. The minimum absolute atomic E-state index is 0.0714. The number of hydrogen-bond acceptors (Lipinski definition) is 3. The van der Waals surface area contributed by atoms with Crippen LogP contribution in [0.2, 0.25) is 5.02 Å². The van der Waals surface area contributed by atoms with E-state index in [1.54, 1.807) is 5.38 Å². The summed E-state index contributed by atoms with van der Waals surface area (Å²) in [7, 11) is 0. The first-order valence-corrected chi connectivity index (χ1v) is 7.34. The van der Waals surface area contributed by atoms with Crippen molar-refractivity contribution in [2.75, 3.05) is 0 Å². The van der Waals surface area contributed by atoms with Crippen molar-refractivity contribution >= 4 is 45.6 Å². The van der Waals surface area contributed by atoms with E-state index < -0.39 is 0 Å². The van der Waals surface area contributed by atoms with Crippen molar-refractivity contribution in [1.29, 1.82) is 0 Å². The molecule has 0 atom stereocenters. The van der Waals surface area contributed by atoms with E-state index in [0.717, 1.165) is 33.9 Å². The lowest BCUT2D eigenvalue weighted by Crippen LogP contribution is -2.06. The Hall–Kier alpha value is -1.30. The Morgan fingerprint density at radius 1 is 1.42 bits per heavy atom. The number of aromatic nitrogens is 3. The molecule has 0 bridgehead atoms. The van der Waals surface area contributed by atoms with Crippen LogP contribution in [0.15, 0.2) is 28.4 Å². The number of H-pyrrole nitrogens is 1. The number of imidazole rings is 1. The van der Waals surface area contributed by atoms with Crippen LogP contribution in [-0.4, -0.2) is 14.5 Å². The maximum Gasteiger partial charge on any atom is 0.304 e. The molecule has 0 unspecified atom stereocenters. The Labute approximate surface area is 122 Å². The summed E-state index contributed by atoms with van der Waals surface area (Å²) in [6.07, 6.45) is 0. The summed E-state index contributed by atoms with van der Waals surface area (Å²) in [5, 5.41) is 2.42. The average Bonchev–Trinajstić information content (AvgIpc) is 2.95. The Morgan fingerprint density at radius 2 is 2.26 bits per heavy atom. The summed E-state index contributed by atoms with van der Waals surface area (Å²) in [4.78, 5) is 18.3. The summed E-state index contributed by atoms with van der Waals surface area (Å²) in [6.45, 7) is 0.501. The first-order valence-electron chi connectivity index (χ1n) is 5.55. The molecule has 7 heteroatoms. The van der Waals surface area contributed by atoms with Crippen LogP contribution in [-0.2, 0) is 12.4 Å². The van der Waals surface area contributed by atoms with Crippen molar-refractivity contribution in [3.05, 3.63) is 49.8 Å². The molecule has 3 rings (SSSR count). The smallest absolute Gasteiger partial charge is 0.304 e. The summed E-state index contributed by atoms with van der Waals surface area (Å²) < 4.78 is 1.93. The molecule has 0 spiro atoms. The third-order valence-corrected chi connectivity index (χ3v) is 4.08. The number of para-hydroxylation sites is 1. The maximum atomic E-state index is 11.2. The van der Waals surface area contributed by atoms with Crippen LogP contribution in [0.4, 0.5) is 0 Å². The van der Waals surface area contributed by atoms with Gasteiger partial charge in [-0.25, -0.2) is 4.98 Å². The van der Waals surface area contributed by atoms with Crippen LogP contribution in [0, 0.1) is 0 Å². The summed E-state index contributed by atoms with van der Waals surface area (Å²) in [5.74, 6) is 1.02. The molecule has 1 N–H and O–H groups in total. The van der Waals surface area contributed by atoms with Gasteiger partial charge in [0.15, 0.2) is 0 Å². The monoisotopic (exact) mass is 313 g/mol. The van der Waals surface area contributed by atoms with Gasteiger partial charge in [-0.1, -0.05) is 29.0 Å². The molecular weight excluding hydrogens is 305 g/mol. The van der Waals surface area contributed by atoms with Gasteiger partial charge in [0.2, 0.25) is 0 Å². The molecule has 0 aliphatic rings. The Bertz CT molecular complexity index is 790. The fourth-order valence-electron chi connectivity index (χ4n) is 2.02. The van der Waals surface area contributed by atoms with Crippen LogP contribution in [0.5, 0.6) is 0 Å². The van der Waals surface area contributed by atoms with Gasteiger partial charge in [0, 0.05) is 11.1 Å². The van der Waals surface area contributed by atoms with Gasteiger partial charge in [-0.05, 0) is 12.1 Å². The van der Waals surface area contributed by atoms with Gasteiger partial charge in [0.25, 0.3) is 0 Å². The molecular formula is C12H9Cl2N3OS. The number of aromatic amines is 1. The molecule has 2 aromatic heterocycles. The van der Waals surface area contributed by atoms with E-state index in [9.17, 15) is 4.79 Å². The maximum absolute atomic E-state index is 11.2. The number of alkyl halides is 1. The minimum Gasteiger partial charge on any atom is -0.320 e. The first kappa shape index (κ1) is 12.7. The summed E-state index contributed by atoms with van der Waals surface area (Å²) in [5.41, 5.74) is 2.47. The second kappa shape index (κ2) is 5.00. The van der Waals surface area contributed by atoms with Crippen LogP contribution >= 0.6 is 34.5 Å². The molecule has 0 amide bonds. The van der Waals surface area contributed by atoms with E-state index in [1.165, 1.54) is 0 Å². The molecule has 0 aliphatic carbocycles. The highest BCUT2D eigenvalue weighted by molar-refractivity contribution is 7.07. The quantitative estimate of drug-likeness (QED) is 0.755. The van der Waals surface area contributed by atoms with Crippen LogP contribution < -0.4 is 4.87 Å². The largest absolute Gasteiger partial charge is 0.320 e. The van der Waals surface area contributed by atoms with E-state index in [-0.39, 0.29) is 4.87 Å². The van der Waals surface area contributed by atoms with Crippen molar-refractivity contribution in [2.24, 2.45) is 0 Å². The SMILES string of the molecule is O=c1[nH]c(Cn2c(CCl)nc3cccc(Cl)c32)cs1. The molecule has 0 fully saturated rings. The van der Waals surface area contributed by atoms with Crippen LogP contribution in [0.25, 0.3) is 11.0 Å².